The molecular formula is C28H26N2O7S2. The van der Waals surface area contributed by atoms with E-state index in [4.69, 9.17) is 9.84 Å². The molecule has 0 saturated heterocycles. The highest BCUT2D eigenvalue weighted by Gasteiger charge is 2.21. The largest absolute Gasteiger partial charge is 0.481 e. The van der Waals surface area contributed by atoms with Crippen LogP contribution in [0.25, 0.3) is 0 Å². The van der Waals surface area contributed by atoms with E-state index in [9.17, 15) is 21.6 Å². The third kappa shape index (κ3) is 7.15. The van der Waals surface area contributed by atoms with Gasteiger partial charge in [-0.05, 0) is 67.9 Å². The van der Waals surface area contributed by atoms with E-state index in [0.717, 1.165) is 11.1 Å². The molecule has 0 bridgehead atoms. The van der Waals surface area contributed by atoms with Crippen LogP contribution in [0.4, 0.5) is 11.4 Å². The molecule has 0 saturated carbocycles. The van der Waals surface area contributed by atoms with E-state index in [1.54, 1.807) is 48.5 Å². The lowest BCUT2D eigenvalue weighted by atomic mass is 10.1. The van der Waals surface area contributed by atoms with Crippen LogP contribution >= 0.6 is 0 Å². The topological polar surface area (TPSA) is 139 Å². The van der Waals surface area contributed by atoms with E-state index in [2.05, 4.69) is 9.44 Å². The van der Waals surface area contributed by atoms with Crippen molar-refractivity contribution in [2.75, 3.05) is 9.44 Å². The molecule has 39 heavy (non-hydrogen) atoms. The smallest absolute Gasteiger partial charge is 0.307 e. The quantitative estimate of drug-likeness (QED) is 0.236. The van der Waals surface area contributed by atoms with Crippen LogP contribution in [0.5, 0.6) is 11.5 Å². The molecule has 11 heteroatoms. The maximum absolute atomic E-state index is 13.2. The van der Waals surface area contributed by atoms with Gasteiger partial charge < -0.3 is 9.84 Å². The molecule has 0 spiro atoms. The van der Waals surface area contributed by atoms with E-state index in [-0.39, 0.29) is 33.3 Å². The zero-order valence-corrected chi connectivity index (χ0v) is 22.7. The van der Waals surface area contributed by atoms with Crippen LogP contribution in [0, 0.1) is 13.8 Å². The van der Waals surface area contributed by atoms with Crippen LogP contribution in [0.15, 0.2) is 101 Å². The maximum Gasteiger partial charge on any atom is 0.307 e. The number of aliphatic carboxylic acids is 1. The molecule has 4 rings (SSSR count). The highest BCUT2D eigenvalue weighted by molar-refractivity contribution is 7.93. The molecule has 0 aliphatic carbocycles. The normalized spacial score (nSPS) is 11.5. The van der Waals surface area contributed by atoms with Crippen LogP contribution in [0.2, 0.25) is 0 Å². The summed E-state index contributed by atoms with van der Waals surface area (Å²) in [4.78, 5) is 10.9. The first-order valence-electron chi connectivity index (χ1n) is 11.7. The van der Waals surface area contributed by atoms with Crippen LogP contribution < -0.4 is 14.2 Å². The number of carbonyl (C=O) groups is 1. The Hall–Kier alpha value is -4.35. The van der Waals surface area contributed by atoms with Crippen molar-refractivity contribution in [3.63, 3.8) is 0 Å². The number of carboxylic acid groups (broad SMARTS) is 1. The number of aryl methyl sites for hydroxylation is 2. The van der Waals surface area contributed by atoms with E-state index >= 15 is 0 Å². The number of ether oxygens (including phenoxy) is 1. The van der Waals surface area contributed by atoms with Crippen molar-refractivity contribution < 1.29 is 31.5 Å². The minimum absolute atomic E-state index is 0.000724. The van der Waals surface area contributed by atoms with Gasteiger partial charge in [-0.2, -0.15) is 0 Å². The Bertz CT molecular complexity index is 1700. The van der Waals surface area contributed by atoms with Gasteiger partial charge in [-0.3, -0.25) is 14.2 Å². The maximum atomic E-state index is 13.2. The zero-order valence-electron chi connectivity index (χ0n) is 21.1. The summed E-state index contributed by atoms with van der Waals surface area (Å²) < 4.78 is 63.2. The molecule has 0 atom stereocenters. The predicted octanol–water partition coefficient (Wildman–Crippen LogP) is 5.32. The summed E-state index contributed by atoms with van der Waals surface area (Å²) in [5.74, 6) is -0.358. The van der Waals surface area contributed by atoms with Crippen molar-refractivity contribution in [3.8, 4) is 11.5 Å². The van der Waals surface area contributed by atoms with Gasteiger partial charge in [0, 0.05) is 6.07 Å². The summed E-state index contributed by atoms with van der Waals surface area (Å²) in [6.45, 7) is 3.66. The molecule has 0 radical (unpaired) electrons. The van der Waals surface area contributed by atoms with Gasteiger partial charge in [0.2, 0.25) is 0 Å². The first-order chi connectivity index (χ1) is 18.4. The van der Waals surface area contributed by atoms with Crippen LogP contribution in [-0.4, -0.2) is 27.9 Å². The number of carboxylic acids is 1. The Morgan fingerprint density at radius 2 is 1.13 bits per heavy atom. The Kier molecular flexibility index (Phi) is 7.93. The lowest BCUT2D eigenvalue weighted by molar-refractivity contribution is -0.136. The molecule has 4 aromatic rings. The molecule has 4 aromatic carbocycles. The highest BCUT2D eigenvalue weighted by Crippen LogP contribution is 2.33. The molecule has 0 aromatic heterocycles. The van der Waals surface area contributed by atoms with Crippen LogP contribution in [0.3, 0.4) is 0 Å². The summed E-state index contributed by atoms with van der Waals surface area (Å²) in [6, 6.07) is 23.1. The number of hydrogen-bond acceptors (Lipinski definition) is 6. The Balaban J connectivity index is 1.68. The van der Waals surface area contributed by atoms with Crippen molar-refractivity contribution >= 4 is 37.4 Å². The molecule has 9 nitrogen and oxygen atoms in total. The van der Waals surface area contributed by atoms with Crippen LogP contribution in [-0.2, 0) is 31.3 Å². The van der Waals surface area contributed by atoms with Crippen molar-refractivity contribution in [1.29, 1.82) is 0 Å². The van der Waals surface area contributed by atoms with Gasteiger partial charge in [-0.15, -0.1) is 0 Å². The fraction of sp³-hybridized carbons (Fsp3) is 0.107. The Labute approximate surface area is 227 Å². The van der Waals surface area contributed by atoms with E-state index in [1.807, 2.05) is 13.8 Å². The predicted molar refractivity (Wildman–Crippen MR) is 148 cm³/mol. The third-order valence-corrected chi connectivity index (χ3v) is 8.42. The van der Waals surface area contributed by atoms with Crippen molar-refractivity contribution in [2.45, 2.75) is 30.1 Å². The molecule has 0 fully saturated rings. The number of rotatable bonds is 10. The van der Waals surface area contributed by atoms with Crippen molar-refractivity contribution in [1.82, 2.24) is 0 Å². The summed E-state index contributed by atoms with van der Waals surface area (Å²) in [5, 5.41) is 8.95. The third-order valence-electron chi connectivity index (χ3n) is 5.66. The second kappa shape index (κ2) is 11.2. The average molecular weight is 567 g/mol. The number of benzene rings is 4. The molecule has 202 valence electrons. The first-order valence-corrected chi connectivity index (χ1v) is 14.7. The number of hydrogen-bond donors (Lipinski definition) is 3. The van der Waals surface area contributed by atoms with E-state index in [1.165, 1.54) is 42.5 Å². The zero-order chi connectivity index (χ0) is 28.2. The van der Waals surface area contributed by atoms with Gasteiger partial charge in [-0.1, -0.05) is 47.5 Å². The van der Waals surface area contributed by atoms with Crippen molar-refractivity contribution in [3.05, 3.63) is 108 Å². The molecule has 3 N–H and O–H groups in total. The fourth-order valence-corrected chi connectivity index (χ4v) is 5.74. The Morgan fingerprint density at radius 3 is 1.62 bits per heavy atom. The fourth-order valence-electron chi connectivity index (χ4n) is 3.59. The SMILES string of the molecule is Cc1ccc(S(=O)(=O)Nc2ccc(Oc3ccc(CC(=O)O)cc3)cc2NS(=O)(=O)c2ccc(C)cc2)cc1. The highest BCUT2D eigenvalue weighted by atomic mass is 32.2. The number of sulfonamides is 2. The molecule has 0 aliphatic heterocycles. The second-order valence-corrected chi connectivity index (χ2v) is 12.2. The molecule has 0 amide bonds. The summed E-state index contributed by atoms with van der Waals surface area (Å²) in [6.07, 6.45) is -0.138. The van der Waals surface area contributed by atoms with Gasteiger partial charge in [0.05, 0.1) is 27.6 Å². The summed E-state index contributed by atoms with van der Waals surface area (Å²) >= 11 is 0. The molecular weight excluding hydrogens is 540 g/mol. The lowest BCUT2D eigenvalue weighted by Gasteiger charge is -2.17. The summed E-state index contributed by atoms with van der Waals surface area (Å²) in [7, 11) is -8.12. The lowest BCUT2D eigenvalue weighted by Crippen LogP contribution is -2.17. The van der Waals surface area contributed by atoms with Gasteiger partial charge in [0.25, 0.3) is 20.0 Å². The van der Waals surface area contributed by atoms with Crippen molar-refractivity contribution in [2.24, 2.45) is 0 Å². The number of anilines is 2. The minimum Gasteiger partial charge on any atom is -0.481 e. The number of nitrogens with one attached hydrogen (secondary N) is 2. The van der Waals surface area contributed by atoms with Gasteiger partial charge >= 0.3 is 5.97 Å². The van der Waals surface area contributed by atoms with E-state index < -0.39 is 26.0 Å². The minimum atomic E-state index is -4.08. The summed E-state index contributed by atoms with van der Waals surface area (Å²) in [5.41, 5.74) is 2.30. The average Bonchev–Trinajstić information content (AvgIpc) is 2.87. The second-order valence-electron chi connectivity index (χ2n) is 8.86. The first kappa shape index (κ1) is 27.7. The van der Waals surface area contributed by atoms with Gasteiger partial charge in [0.1, 0.15) is 11.5 Å². The molecule has 0 heterocycles. The monoisotopic (exact) mass is 566 g/mol. The Morgan fingerprint density at radius 1 is 0.667 bits per heavy atom. The molecule has 0 unspecified atom stereocenters. The van der Waals surface area contributed by atoms with E-state index in [0.29, 0.717) is 11.3 Å². The van der Waals surface area contributed by atoms with Crippen LogP contribution in [0.1, 0.15) is 16.7 Å². The van der Waals surface area contributed by atoms with Gasteiger partial charge in [0.15, 0.2) is 0 Å². The van der Waals surface area contributed by atoms with Gasteiger partial charge in [-0.25, -0.2) is 16.8 Å². The molecule has 0 aliphatic rings. The standard InChI is InChI=1S/C28H26N2O7S2/c1-19-3-12-24(13-4-19)38(33,34)29-26-16-11-23(37-22-9-7-21(8-10-22)17-28(31)32)18-27(26)30-39(35,36)25-14-5-20(2)6-15-25/h3-16,18,29-30H,17H2,1-2H3,(H,31,32).